The van der Waals surface area contributed by atoms with E-state index in [2.05, 4.69) is 31.9 Å². The Morgan fingerprint density at radius 3 is 1.89 bits per heavy atom. The second-order valence-electron chi connectivity index (χ2n) is 26.2. The number of anilines is 1. The molecule has 0 aliphatic carbocycles. The summed E-state index contributed by atoms with van der Waals surface area (Å²) in [5.74, 6) is -8.52. The number of carboxylic acid groups (broad SMARTS) is 1. The molecule has 0 radical (unpaired) electrons. The molecule has 1 fully saturated rings. The van der Waals surface area contributed by atoms with Crippen molar-refractivity contribution in [3.05, 3.63) is 77.9 Å². The number of primary amides is 1. The highest BCUT2D eigenvalue weighted by molar-refractivity contribution is 6.12. The lowest BCUT2D eigenvalue weighted by molar-refractivity contribution is -0.149. The number of methoxy groups -OCH3 is 2. The van der Waals surface area contributed by atoms with E-state index in [9.17, 15) is 67.7 Å². The molecule has 28 nitrogen and oxygen atoms in total. The first-order chi connectivity index (χ1) is 45.8. The Kier molecular flexibility index (Phi) is 32.6. The minimum Gasteiger partial charge on any atom is -0.478 e. The van der Waals surface area contributed by atoms with Gasteiger partial charge in [-0.3, -0.25) is 53.0 Å². The number of ether oxygens (including phenoxy) is 3. The predicted octanol–water partition coefficient (Wildman–Crippen LogP) is 4.70. The number of imide groups is 1. The highest BCUT2D eigenvalue weighted by Crippen LogP contribution is 2.31. The molecule has 4 rings (SSSR count). The first-order valence-electron chi connectivity index (χ1n) is 33.5. The van der Waals surface area contributed by atoms with E-state index in [1.165, 1.54) is 62.6 Å². The van der Waals surface area contributed by atoms with Crippen LogP contribution in [0, 0.1) is 29.6 Å². The third kappa shape index (κ3) is 23.4. The van der Waals surface area contributed by atoms with E-state index >= 15 is 0 Å². The van der Waals surface area contributed by atoms with Gasteiger partial charge in [0.15, 0.2) is 0 Å². The average molecular weight is 1360 g/mol. The normalized spacial score (nSPS) is 17.5. The fourth-order valence-corrected chi connectivity index (χ4v) is 12.3. The number of urea groups is 1. The van der Waals surface area contributed by atoms with Crippen molar-refractivity contribution in [1.82, 2.24) is 46.2 Å². The number of nitrogens with one attached hydrogen (secondary N) is 6. The number of carbonyl (C=O) groups excluding carboxylic acids is 11. The van der Waals surface area contributed by atoms with Gasteiger partial charge in [0.1, 0.15) is 24.2 Å². The van der Waals surface area contributed by atoms with Gasteiger partial charge in [-0.25, -0.2) is 14.4 Å². The number of amides is 12. The number of rotatable bonds is 39. The second-order valence-corrected chi connectivity index (χ2v) is 26.2. The van der Waals surface area contributed by atoms with Gasteiger partial charge in [0.05, 0.1) is 48.8 Å². The van der Waals surface area contributed by atoms with Gasteiger partial charge in [-0.1, -0.05) is 118 Å². The van der Waals surface area contributed by atoms with Crippen molar-refractivity contribution in [1.29, 1.82) is 0 Å². The summed E-state index contributed by atoms with van der Waals surface area (Å²) in [5.41, 5.74) is 5.99. The molecule has 2 aromatic rings. The number of aliphatic hydroxyl groups excluding tert-OH is 1. The van der Waals surface area contributed by atoms with Crippen LogP contribution in [0.3, 0.4) is 0 Å². The van der Waals surface area contributed by atoms with Crippen molar-refractivity contribution in [2.24, 2.45) is 35.3 Å². The van der Waals surface area contributed by atoms with E-state index in [-0.39, 0.29) is 67.8 Å². The van der Waals surface area contributed by atoms with Crippen LogP contribution < -0.4 is 37.6 Å². The fourth-order valence-electron chi connectivity index (χ4n) is 12.3. The molecule has 1 unspecified atom stereocenters. The summed E-state index contributed by atoms with van der Waals surface area (Å²) in [5, 5.41) is 37.7. The number of unbranched alkanes of at least 4 members (excludes halogenated alkanes) is 2. The molecule has 13 atom stereocenters. The summed E-state index contributed by atoms with van der Waals surface area (Å²) < 4.78 is 17.6. The maximum Gasteiger partial charge on any atom is 0.411 e. The Balaban J connectivity index is 1.43. The van der Waals surface area contributed by atoms with Crippen LogP contribution in [0.2, 0.25) is 0 Å². The standard InChI is InChI=1S/C69H105N11O17/c1-15-42(8)58(50(95-13)38-54(84)79-37-23-27-49(79)60(96-14)43(9)62(86)72-44(10)59(85)45-24-18-16-19-25-45)77(11)66(90)56(40(4)5)76-65(89)57(41(6)7)78(12)69(94)97-61(67(91)92)46-29-31-47(32-30-46)73-63(87)48(26-22-35-71-68(70)93)74-64(88)55(39(2)3)75-51(81)28-20-17-21-36-80-52(82)33-34-53(80)83/h16,18-19,24-25,29-34,39-44,48-50,55-61,85H,15,17,20-23,26-28,35-38H2,1-14H3,(H,72,86)(H,73,87)(H,74,88)(H,75,81)(H,76,89)(H,91,92)(H3,70,71,93)/t42-,43+,44+,48-,49-,50+,55-,56-,57-,58-,59+,60+,61?/m0/s1. The summed E-state index contributed by atoms with van der Waals surface area (Å²) in [7, 11) is 5.81. The maximum atomic E-state index is 14.9. The van der Waals surface area contributed by atoms with E-state index in [4.69, 9.17) is 19.9 Å². The van der Waals surface area contributed by atoms with Crippen molar-refractivity contribution in [2.75, 3.05) is 53.3 Å². The monoisotopic (exact) mass is 1360 g/mol. The minimum absolute atomic E-state index is 0.00183. The molecule has 0 aromatic heterocycles. The minimum atomic E-state index is -1.92. The lowest BCUT2D eigenvalue weighted by Crippen LogP contribution is -2.60. The van der Waals surface area contributed by atoms with E-state index in [1.54, 1.807) is 91.6 Å². The van der Waals surface area contributed by atoms with Gasteiger partial charge in [-0.05, 0) is 86.8 Å². The van der Waals surface area contributed by atoms with Crippen LogP contribution in [0.15, 0.2) is 66.7 Å². The van der Waals surface area contributed by atoms with Crippen LogP contribution in [-0.4, -0.2) is 204 Å². The Labute approximate surface area is 569 Å². The highest BCUT2D eigenvalue weighted by Gasteiger charge is 2.44. The summed E-state index contributed by atoms with van der Waals surface area (Å²) in [6.45, 7) is 18.2. The average Bonchev–Trinajstić information content (AvgIpc) is 1.37. The van der Waals surface area contributed by atoms with Crippen molar-refractivity contribution in [3.8, 4) is 0 Å². The van der Waals surface area contributed by atoms with Crippen molar-refractivity contribution < 1.29 is 82.0 Å². The Bertz CT molecular complexity index is 3020. The largest absolute Gasteiger partial charge is 0.478 e. The molecule has 538 valence electrons. The number of hydrogen-bond acceptors (Lipinski definition) is 16. The number of aliphatic carboxylic acids is 1. The number of carboxylic acids is 1. The fraction of sp³-hybridized carbons (Fsp3) is 0.623. The van der Waals surface area contributed by atoms with Crippen molar-refractivity contribution in [2.45, 2.75) is 200 Å². The molecular weight excluding hydrogens is 1250 g/mol. The number of nitrogens with two attached hydrogens (primary N) is 1. The Morgan fingerprint density at radius 2 is 1.33 bits per heavy atom. The third-order valence-corrected chi connectivity index (χ3v) is 18.1. The first-order valence-corrected chi connectivity index (χ1v) is 33.5. The van der Waals surface area contributed by atoms with E-state index in [1.807, 2.05) is 19.9 Å². The van der Waals surface area contributed by atoms with Crippen LogP contribution in [0.4, 0.5) is 15.3 Å². The maximum absolute atomic E-state index is 14.9. The van der Waals surface area contributed by atoms with Gasteiger partial charge in [0.25, 0.3) is 11.8 Å². The summed E-state index contributed by atoms with van der Waals surface area (Å²) in [6, 6.07) is 6.94. The van der Waals surface area contributed by atoms with Crippen molar-refractivity contribution in [3.63, 3.8) is 0 Å². The van der Waals surface area contributed by atoms with Gasteiger partial charge >= 0.3 is 18.1 Å². The number of carbonyl (C=O) groups is 12. The van der Waals surface area contributed by atoms with E-state index in [0.717, 1.165) is 9.80 Å². The van der Waals surface area contributed by atoms with Gasteiger partial charge in [0.2, 0.25) is 47.5 Å². The van der Waals surface area contributed by atoms with Gasteiger partial charge < -0.3 is 71.9 Å². The van der Waals surface area contributed by atoms with Gasteiger partial charge in [0, 0.05) is 77.8 Å². The van der Waals surface area contributed by atoms with Crippen LogP contribution in [-0.2, 0) is 62.2 Å². The molecule has 0 saturated carbocycles. The number of likely N-dealkylation sites (N-methyl/N-ethyl adjacent to an activating group) is 2. The topological polar surface area (TPSA) is 384 Å². The molecular formula is C69H105N11O17. The smallest absolute Gasteiger partial charge is 0.411 e. The SMILES string of the molecule is CC[C@H](C)[C@@H]([C@@H](CC(=O)N1CCC[C@H]1[C@H](OC)[C@@H](C)C(=O)N[C@H](C)[C@@H](O)c1ccccc1)OC)N(C)C(=O)[C@@H](NC(=O)[C@H](C(C)C)N(C)C(=O)OC(C(=O)O)c1ccc(NC(=O)[C@H](CCCNC(N)=O)NC(=O)[C@@H](NC(=O)CCCCCN2C(=O)C=CC2=O)C(C)C)cc1)C(C)C. The molecule has 28 heteroatoms. The van der Waals surface area contributed by atoms with Crippen LogP contribution in [0.5, 0.6) is 0 Å². The molecule has 0 bridgehead atoms. The van der Waals surface area contributed by atoms with Crippen LogP contribution in [0.25, 0.3) is 0 Å². The molecule has 97 heavy (non-hydrogen) atoms. The first kappa shape index (κ1) is 80.9. The molecule has 12 amide bonds. The van der Waals surface area contributed by atoms with Gasteiger partial charge in [-0.15, -0.1) is 0 Å². The summed E-state index contributed by atoms with van der Waals surface area (Å²) in [4.78, 5) is 166. The molecule has 1 saturated heterocycles. The number of benzene rings is 2. The van der Waals surface area contributed by atoms with Gasteiger partial charge in [-0.2, -0.15) is 0 Å². The molecule has 2 aromatic carbocycles. The number of nitrogens with zero attached hydrogens (tertiary/aromatic N) is 4. The number of aliphatic hydroxyl groups is 1. The second kappa shape index (κ2) is 39.0. The molecule has 0 spiro atoms. The molecule has 10 N–H and O–H groups in total. The molecule has 2 aliphatic rings. The molecule has 2 aliphatic heterocycles. The Morgan fingerprint density at radius 1 is 0.701 bits per heavy atom. The van der Waals surface area contributed by atoms with Crippen LogP contribution in [0.1, 0.15) is 157 Å². The van der Waals surface area contributed by atoms with E-state index in [0.29, 0.717) is 50.6 Å². The Hall–Kier alpha value is -8.50. The van der Waals surface area contributed by atoms with Crippen LogP contribution >= 0.6 is 0 Å². The highest BCUT2D eigenvalue weighted by atomic mass is 16.6. The zero-order valence-electron chi connectivity index (χ0n) is 58.7. The third-order valence-electron chi connectivity index (χ3n) is 18.1. The summed E-state index contributed by atoms with van der Waals surface area (Å²) >= 11 is 0. The summed E-state index contributed by atoms with van der Waals surface area (Å²) in [6.07, 6.45) is 0.0889. The molecule has 2 heterocycles. The number of likely N-dealkylation sites (tertiary alicyclic amines) is 1. The lowest BCUT2D eigenvalue weighted by Gasteiger charge is -2.41. The number of hydrogen-bond donors (Lipinski definition) is 9. The van der Waals surface area contributed by atoms with E-state index < -0.39 is 150 Å². The van der Waals surface area contributed by atoms with Crippen molar-refractivity contribution >= 4 is 76.9 Å². The zero-order chi connectivity index (χ0) is 72.5. The zero-order valence-corrected chi connectivity index (χ0v) is 58.7. The predicted molar refractivity (Wildman–Crippen MR) is 360 cm³/mol. The lowest BCUT2D eigenvalue weighted by atomic mass is 9.89. The quantitative estimate of drug-likeness (QED) is 0.0323.